The topological polar surface area (TPSA) is 110 Å². The van der Waals surface area contributed by atoms with Crippen LogP contribution in [0, 0.1) is 10.1 Å². The number of sulfonamides is 1. The van der Waals surface area contributed by atoms with Gasteiger partial charge in [-0.1, -0.05) is 6.92 Å². The lowest BCUT2D eigenvalue weighted by molar-refractivity contribution is -0.384. The largest absolute Gasteiger partial charge is 0.364 e. The van der Waals surface area contributed by atoms with Crippen LogP contribution in [-0.2, 0) is 10.0 Å². The molecule has 1 aromatic carbocycles. The van der Waals surface area contributed by atoms with Crippen molar-refractivity contribution in [3.05, 3.63) is 28.3 Å². The van der Waals surface area contributed by atoms with Gasteiger partial charge in [0.25, 0.3) is 5.69 Å². The van der Waals surface area contributed by atoms with Crippen LogP contribution >= 0.6 is 0 Å². The first-order valence-corrected chi connectivity index (χ1v) is 8.55. The minimum Gasteiger partial charge on any atom is -0.364 e. The van der Waals surface area contributed by atoms with Crippen LogP contribution in [0.4, 0.5) is 11.4 Å². The normalized spacial score (nSPS) is 18.9. The predicted molar refractivity (Wildman–Crippen MR) is 83.4 cm³/mol. The highest BCUT2D eigenvalue weighted by atomic mass is 32.2. The average Bonchev–Trinajstić information content (AvgIpc) is 2.94. The summed E-state index contributed by atoms with van der Waals surface area (Å²) in [5, 5.41) is 16.3. The number of anilines is 1. The Morgan fingerprint density at radius 2 is 2.18 bits per heavy atom. The van der Waals surface area contributed by atoms with Gasteiger partial charge in [0.2, 0.25) is 10.0 Å². The quantitative estimate of drug-likeness (QED) is 0.631. The zero-order valence-electron chi connectivity index (χ0n) is 12.6. The molecule has 0 aromatic heterocycles. The van der Waals surface area contributed by atoms with Crippen LogP contribution in [-0.4, -0.2) is 51.0 Å². The summed E-state index contributed by atoms with van der Waals surface area (Å²) in [7, 11) is -1.94. The third-order valence-corrected chi connectivity index (χ3v) is 5.01. The van der Waals surface area contributed by atoms with Crippen LogP contribution in [0.3, 0.4) is 0 Å². The Kier molecular flexibility index (Phi) is 4.69. The van der Waals surface area contributed by atoms with Crippen molar-refractivity contribution in [2.75, 3.05) is 31.6 Å². The van der Waals surface area contributed by atoms with Crippen molar-refractivity contribution in [3.63, 3.8) is 0 Å². The Bertz CT molecular complexity index is 677. The Balaban J connectivity index is 2.34. The second kappa shape index (κ2) is 6.19. The fourth-order valence-corrected chi connectivity index (χ4v) is 3.21. The molecule has 2 N–H and O–H groups in total. The Morgan fingerprint density at radius 3 is 2.73 bits per heavy atom. The van der Waals surface area contributed by atoms with Gasteiger partial charge in [0.15, 0.2) is 0 Å². The molecule has 0 aliphatic carbocycles. The first-order valence-electron chi connectivity index (χ1n) is 7.00. The van der Waals surface area contributed by atoms with Gasteiger partial charge in [0.05, 0.1) is 9.82 Å². The molecular formula is C13H20N4O4S. The fourth-order valence-electron chi connectivity index (χ4n) is 2.67. The van der Waals surface area contributed by atoms with E-state index in [0.717, 1.165) is 19.0 Å². The van der Waals surface area contributed by atoms with E-state index in [9.17, 15) is 18.5 Å². The standard InChI is InChI=1S/C13H20N4O4S/c1-3-15(2)10-6-7-16(9-10)12-5-4-11(22(14,20)21)8-13(12)17(18)19/h4-5,8,10H,3,6-7,9H2,1-2H3,(H2,14,20,21)/t10-/m0/s1. The van der Waals surface area contributed by atoms with Gasteiger partial charge in [0.1, 0.15) is 5.69 Å². The summed E-state index contributed by atoms with van der Waals surface area (Å²) in [6, 6.07) is 4.14. The molecule has 1 atom stereocenters. The molecule has 0 radical (unpaired) electrons. The Morgan fingerprint density at radius 1 is 1.50 bits per heavy atom. The number of nitrogens with two attached hydrogens (primary N) is 1. The maximum atomic E-state index is 11.4. The number of hydrogen-bond acceptors (Lipinski definition) is 6. The summed E-state index contributed by atoms with van der Waals surface area (Å²) >= 11 is 0. The van der Waals surface area contributed by atoms with Crippen molar-refractivity contribution in [3.8, 4) is 0 Å². The minimum absolute atomic E-state index is 0.230. The predicted octanol–water partition coefficient (Wildman–Crippen LogP) is 0.773. The summed E-state index contributed by atoms with van der Waals surface area (Å²) in [6.45, 7) is 4.35. The van der Waals surface area contributed by atoms with E-state index in [1.807, 2.05) is 11.9 Å². The van der Waals surface area contributed by atoms with Crippen molar-refractivity contribution in [2.24, 2.45) is 5.14 Å². The molecule has 22 heavy (non-hydrogen) atoms. The lowest BCUT2D eigenvalue weighted by Crippen LogP contribution is -2.34. The van der Waals surface area contributed by atoms with E-state index in [4.69, 9.17) is 5.14 Å². The molecule has 1 aliphatic heterocycles. The van der Waals surface area contributed by atoms with Gasteiger partial charge in [-0.15, -0.1) is 0 Å². The summed E-state index contributed by atoms with van der Waals surface area (Å²) in [6.07, 6.45) is 0.915. The van der Waals surface area contributed by atoms with E-state index >= 15 is 0 Å². The molecule has 1 fully saturated rings. The summed E-state index contributed by atoms with van der Waals surface area (Å²) in [4.78, 5) is 14.6. The van der Waals surface area contributed by atoms with Crippen LogP contribution in [0.5, 0.6) is 0 Å². The molecule has 1 saturated heterocycles. The molecule has 1 heterocycles. The second-order valence-electron chi connectivity index (χ2n) is 5.41. The number of nitro groups is 1. The highest BCUT2D eigenvalue weighted by Gasteiger charge is 2.30. The van der Waals surface area contributed by atoms with Gasteiger partial charge >= 0.3 is 0 Å². The smallest absolute Gasteiger partial charge is 0.293 e. The van der Waals surface area contributed by atoms with Gasteiger partial charge in [-0.05, 0) is 32.1 Å². The maximum absolute atomic E-state index is 11.4. The zero-order valence-corrected chi connectivity index (χ0v) is 13.4. The average molecular weight is 328 g/mol. The third-order valence-electron chi connectivity index (χ3n) is 4.10. The van der Waals surface area contributed by atoms with E-state index in [-0.39, 0.29) is 10.6 Å². The number of nitro benzene ring substituents is 1. The van der Waals surface area contributed by atoms with Crippen LogP contribution in [0.1, 0.15) is 13.3 Å². The highest BCUT2D eigenvalue weighted by molar-refractivity contribution is 7.89. The van der Waals surface area contributed by atoms with Gasteiger partial charge in [-0.25, -0.2) is 13.6 Å². The Hall–Kier alpha value is -1.71. The molecule has 0 bridgehead atoms. The molecular weight excluding hydrogens is 308 g/mol. The molecule has 122 valence electrons. The third kappa shape index (κ3) is 3.37. The number of hydrogen-bond donors (Lipinski definition) is 1. The molecule has 0 saturated carbocycles. The van der Waals surface area contributed by atoms with Crippen LogP contribution in [0.15, 0.2) is 23.1 Å². The van der Waals surface area contributed by atoms with Crippen molar-refractivity contribution in [1.82, 2.24) is 4.90 Å². The van der Waals surface area contributed by atoms with Crippen molar-refractivity contribution >= 4 is 21.4 Å². The Labute approximate surface area is 129 Å². The monoisotopic (exact) mass is 328 g/mol. The summed E-state index contributed by atoms with van der Waals surface area (Å²) in [5.41, 5.74) is 0.204. The lowest BCUT2D eigenvalue weighted by atomic mass is 10.2. The molecule has 0 unspecified atom stereocenters. The van der Waals surface area contributed by atoms with Gasteiger partial charge in [-0.2, -0.15) is 0 Å². The van der Waals surface area contributed by atoms with Crippen molar-refractivity contribution in [2.45, 2.75) is 24.3 Å². The molecule has 1 aliphatic rings. The first kappa shape index (κ1) is 16.7. The molecule has 0 spiro atoms. The molecule has 1 aromatic rings. The van der Waals surface area contributed by atoms with E-state index in [2.05, 4.69) is 11.8 Å². The van der Waals surface area contributed by atoms with E-state index in [1.54, 1.807) is 0 Å². The van der Waals surface area contributed by atoms with E-state index in [1.165, 1.54) is 12.1 Å². The number of primary sulfonamides is 1. The molecule has 8 nitrogen and oxygen atoms in total. The molecule has 0 amide bonds. The van der Waals surface area contributed by atoms with Crippen LogP contribution < -0.4 is 10.0 Å². The van der Waals surface area contributed by atoms with Gasteiger partial charge in [0, 0.05) is 25.2 Å². The maximum Gasteiger partial charge on any atom is 0.293 e. The first-order chi connectivity index (χ1) is 10.2. The van der Waals surface area contributed by atoms with Crippen LogP contribution in [0.2, 0.25) is 0 Å². The zero-order chi connectivity index (χ0) is 16.5. The number of rotatable bonds is 5. The second-order valence-corrected chi connectivity index (χ2v) is 6.98. The number of nitrogens with zero attached hydrogens (tertiary/aromatic N) is 3. The van der Waals surface area contributed by atoms with Crippen molar-refractivity contribution < 1.29 is 13.3 Å². The number of likely N-dealkylation sites (N-methyl/N-ethyl adjacent to an activating group) is 1. The lowest BCUT2D eigenvalue weighted by Gasteiger charge is -2.23. The van der Waals surface area contributed by atoms with Crippen molar-refractivity contribution in [1.29, 1.82) is 0 Å². The molecule has 9 heteroatoms. The van der Waals surface area contributed by atoms with Gasteiger partial charge in [-0.3, -0.25) is 10.1 Å². The van der Waals surface area contributed by atoms with E-state index < -0.39 is 14.9 Å². The summed E-state index contributed by atoms with van der Waals surface area (Å²) < 4.78 is 22.7. The highest BCUT2D eigenvalue weighted by Crippen LogP contribution is 2.33. The SMILES string of the molecule is CCN(C)[C@H]1CCN(c2ccc(S(N)(=O)=O)cc2[N+](=O)[O-])C1. The minimum atomic E-state index is -3.96. The number of benzene rings is 1. The van der Waals surface area contributed by atoms with Gasteiger partial charge < -0.3 is 9.80 Å². The fraction of sp³-hybridized carbons (Fsp3) is 0.538. The van der Waals surface area contributed by atoms with Crippen LogP contribution in [0.25, 0.3) is 0 Å². The molecule has 2 rings (SSSR count). The summed E-state index contributed by atoms with van der Waals surface area (Å²) in [5.74, 6) is 0. The van der Waals surface area contributed by atoms with E-state index in [0.29, 0.717) is 24.8 Å².